The van der Waals surface area contributed by atoms with Crippen molar-refractivity contribution in [3.63, 3.8) is 0 Å². The second kappa shape index (κ2) is 7.13. The van der Waals surface area contributed by atoms with Crippen molar-refractivity contribution in [2.24, 2.45) is 7.05 Å². The lowest BCUT2D eigenvalue weighted by Gasteiger charge is -2.34. The van der Waals surface area contributed by atoms with Crippen molar-refractivity contribution in [2.75, 3.05) is 19.8 Å². The molecule has 0 saturated carbocycles. The van der Waals surface area contributed by atoms with Gasteiger partial charge in [-0.15, -0.1) is 0 Å². The molecule has 1 aliphatic heterocycles. The maximum Gasteiger partial charge on any atom is 0.406 e. The predicted octanol–water partition coefficient (Wildman–Crippen LogP) is 1.92. The zero-order valence-corrected chi connectivity index (χ0v) is 12.5. The third kappa shape index (κ3) is 5.01. The van der Waals surface area contributed by atoms with Crippen molar-refractivity contribution in [3.8, 4) is 0 Å². The lowest BCUT2D eigenvalue weighted by molar-refractivity contribution is -0.170. The number of halogens is 3. The van der Waals surface area contributed by atoms with Gasteiger partial charge in [-0.25, -0.2) is 0 Å². The second-order valence-electron chi connectivity index (χ2n) is 5.53. The average molecular weight is 319 g/mol. The first-order chi connectivity index (χ1) is 10.3. The monoisotopic (exact) mass is 319 g/mol. The van der Waals surface area contributed by atoms with Crippen LogP contribution in [-0.2, 0) is 23.0 Å². The number of hydrogen-bond donors (Lipinski definition) is 0. The quantitative estimate of drug-likeness (QED) is 0.833. The number of amides is 1. The number of aryl methyl sites for hydroxylation is 2. The van der Waals surface area contributed by atoms with Gasteiger partial charge in [0, 0.05) is 26.3 Å². The summed E-state index contributed by atoms with van der Waals surface area (Å²) in [5.74, 6) is -0.489. The number of ether oxygens (including phenoxy) is 1. The molecule has 0 bridgehead atoms. The fourth-order valence-electron chi connectivity index (χ4n) is 2.58. The van der Waals surface area contributed by atoms with Gasteiger partial charge in [-0.05, 0) is 24.8 Å². The van der Waals surface area contributed by atoms with Crippen molar-refractivity contribution in [2.45, 2.75) is 37.9 Å². The van der Waals surface area contributed by atoms with Crippen LogP contribution in [0.3, 0.4) is 0 Å². The summed E-state index contributed by atoms with van der Waals surface area (Å²) in [6.45, 7) is -0.498. The molecule has 0 spiro atoms. The van der Waals surface area contributed by atoms with E-state index >= 15 is 0 Å². The minimum absolute atomic E-state index is 0.0400. The molecule has 1 aromatic rings. The van der Waals surface area contributed by atoms with Gasteiger partial charge < -0.3 is 9.64 Å². The Balaban J connectivity index is 1.98. The largest absolute Gasteiger partial charge is 0.406 e. The molecule has 1 fully saturated rings. The molecule has 0 unspecified atom stereocenters. The smallest absolute Gasteiger partial charge is 0.379 e. The Morgan fingerprint density at radius 3 is 2.86 bits per heavy atom. The Bertz CT molecular complexity index is 496. The van der Waals surface area contributed by atoms with Crippen LogP contribution in [-0.4, -0.2) is 52.6 Å². The highest BCUT2D eigenvalue weighted by Crippen LogP contribution is 2.22. The summed E-state index contributed by atoms with van der Waals surface area (Å²) in [5.41, 5.74) is 0.836. The number of nitrogens with zero attached hydrogens (tertiary/aromatic N) is 3. The van der Waals surface area contributed by atoms with E-state index in [0.29, 0.717) is 25.9 Å². The minimum atomic E-state index is -4.40. The van der Waals surface area contributed by atoms with Crippen LogP contribution in [0.25, 0.3) is 0 Å². The van der Waals surface area contributed by atoms with E-state index in [1.807, 2.05) is 0 Å². The number of alkyl halides is 3. The summed E-state index contributed by atoms with van der Waals surface area (Å²) in [7, 11) is 1.75. The molecule has 0 aliphatic carbocycles. The summed E-state index contributed by atoms with van der Waals surface area (Å²) in [4.78, 5) is 13.2. The summed E-state index contributed by atoms with van der Waals surface area (Å²) >= 11 is 0. The van der Waals surface area contributed by atoms with Gasteiger partial charge in [0.15, 0.2) is 0 Å². The Labute approximate surface area is 127 Å². The number of carbonyl (C=O) groups excluding carboxylic acids is 1. The SMILES string of the molecule is Cn1cc(CCC(=O)N(CC(F)(F)F)[C@@H]2CCCOC2)cn1. The van der Waals surface area contributed by atoms with E-state index in [-0.39, 0.29) is 13.0 Å². The van der Waals surface area contributed by atoms with Crippen LogP contribution in [0, 0.1) is 0 Å². The van der Waals surface area contributed by atoms with Gasteiger partial charge in [0.1, 0.15) is 6.54 Å². The highest BCUT2D eigenvalue weighted by atomic mass is 19.4. The van der Waals surface area contributed by atoms with Crippen LogP contribution in [0.4, 0.5) is 13.2 Å². The van der Waals surface area contributed by atoms with E-state index in [2.05, 4.69) is 5.10 Å². The van der Waals surface area contributed by atoms with E-state index in [1.165, 1.54) is 0 Å². The van der Waals surface area contributed by atoms with Crippen molar-refractivity contribution in [3.05, 3.63) is 18.0 Å². The summed E-state index contributed by atoms with van der Waals surface area (Å²) < 4.78 is 45.0. The lowest BCUT2D eigenvalue weighted by Crippen LogP contribution is -2.49. The van der Waals surface area contributed by atoms with Gasteiger partial charge in [0.2, 0.25) is 5.91 Å². The average Bonchev–Trinajstić information content (AvgIpc) is 2.88. The molecular formula is C14H20F3N3O2. The Morgan fingerprint density at radius 2 is 2.32 bits per heavy atom. The topological polar surface area (TPSA) is 47.4 Å². The molecule has 2 rings (SSSR count). The van der Waals surface area contributed by atoms with Gasteiger partial charge in [0.25, 0.3) is 0 Å². The molecule has 1 aliphatic rings. The van der Waals surface area contributed by atoms with E-state index < -0.39 is 24.7 Å². The van der Waals surface area contributed by atoms with E-state index in [0.717, 1.165) is 10.5 Å². The molecule has 0 N–H and O–H groups in total. The summed E-state index contributed by atoms with van der Waals surface area (Å²) in [6.07, 6.45) is 0.619. The van der Waals surface area contributed by atoms with Crippen LogP contribution in [0.2, 0.25) is 0 Å². The Kier molecular flexibility index (Phi) is 5.44. The molecule has 8 heteroatoms. The van der Waals surface area contributed by atoms with Crippen LogP contribution < -0.4 is 0 Å². The van der Waals surface area contributed by atoms with Crippen molar-refractivity contribution in [1.82, 2.24) is 14.7 Å². The third-order valence-electron chi connectivity index (χ3n) is 3.63. The molecule has 1 saturated heterocycles. The molecule has 22 heavy (non-hydrogen) atoms. The van der Waals surface area contributed by atoms with Crippen molar-refractivity contribution in [1.29, 1.82) is 0 Å². The number of rotatable bonds is 5. The molecule has 5 nitrogen and oxygen atoms in total. The molecule has 0 aromatic carbocycles. The lowest BCUT2D eigenvalue weighted by atomic mass is 10.1. The van der Waals surface area contributed by atoms with E-state index in [1.54, 1.807) is 24.1 Å². The first kappa shape index (κ1) is 16.8. The predicted molar refractivity (Wildman–Crippen MR) is 73.1 cm³/mol. The zero-order chi connectivity index (χ0) is 16.2. The minimum Gasteiger partial charge on any atom is -0.379 e. The number of hydrogen-bond acceptors (Lipinski definition) is 3. The second-order valence-corrected chi connectivity index (χ2v) is 5.53. The summed E-state index contributed by atoms with van der Waals surface area (Å²) in [5, 5.41) is 3.98. The summed E-state index contributed by atoms with van der Waals surface area (Å²) in [6, 6.07) is -0.489. The van der Waals surface area contributed by atoms with E-state index in [9.17, 15) is 18.0 Å². The maximum absolute atomic E-state index is 12.7. The molecule has 1 amide bonds. The Hall–Kier alpha value is -1.57. The van der Waals surface area contributed by atoms with Crippen LogP contribution in [0.15, 0.2) is 12.4 Å². The van der Waals surface area contributed by atoms with Gasteiger partial charge in [-0.2, -0.15) is 18.3 Å². The fraction of sp³-hybridized carbons (Fsp3) is 0.714. The zero-order valence-electron chi connectivity index (χ0n) is 12.5. The van der Waals surface area contributed by atoms with Crippen molar-refractivity contribution < 1.29 is 22.7 Å². The standard InChI is InChI=1S/C14H20F3N3O2/c1-19-8-11(7-18-19)4-5-13(21)20(10-14(15,16)17)12-3-2-6-22-9-12/h7-8,12H,2-6,9-10H2,1H3/t12-/m1/s1. The van der Waals surface area contributed by atoms with Gasteiger partial charge in [-0.1, -0.05) is 0 Å². The molecular weight excluding hydrogens is 299 g/mol. The maximum atomic E-state index is 12.7. The number of aromatic nitrogens is 2. The van der Waals surface area contributed by atoms with E-state index in [4.69, 9.17) is 4.74 Å². The molecule has 0 radical (unpaired) electrons. The molecule has 124 valence electrons. The van der Waals surface area contributed by atoms with Crippen LogP contribution >= 0.6 is 0 Å². The molecule has 2 heterocycles. The molecule has 1 aromatic heterocycles. The molecule has 1 atom stereocenters. The first-order valence-corrected chi connectivity index (χ1v) is 7.26. The third-order valence-corrected chi connectivity index (χ3v) is 3.63. The highest BCUT2D eigenvalue weighted by Gasteiger charge is 2.36. The fourth-order valence-corrected chi connectivity index (χ4v) is 2.58. The number of carbonyl (C=O) groups is 1. The van der Waals surface area contributed by atoms with Gasteiger partial charge in [-0.3, -0.25) is 9.48 Å². The van der Waals surface area contributed by atoms with Gasteiger partial charge in [0.05, 0.1) is 18.8 Å². The first-order valence-electron chi connectivity index (χ1n) is 7.26. The van der Waals surface area contributed by atoms with Crippen molar-refractivity contribution >= 4 is 5.91 Å². The normalized spacial score (nSPS) is 19.2. The van der Waals surface area contributed by atoms with Gasteiger partial charge >= 0.3 is 6.18 Å². The highest BCUT2D eigenvalue weighted by molar-refractivity contribution is 5.77. The van der Waals surface area contributed by atoms with Crippen LogP contribution in [0.5, 0.6) is 0 Å². The van der Waals surface area contributed by atoms with Crippen LogP contribution in [0.1, 0.15) is 24.8 Å². The Morgan fingerprint density at radius 1 is 1.55 bits per heavy atom.